The Morgan fingerprint density at radius 3 is 2.55 bits per heavy atom. The zero-order valence-corrected chi connectivity index (χ0v) is 18.1. The Morgan fingerprint density at radius 2 is 1.88 bits per heavy atom. The summed E-state index contributed by atoms with van der Waals surface area (Å²) in [4.78, 5) is 37.3. The van der Waals surface area contributed by atoms with Crippen molar-refractivity contribution in [3.63, 3.8) is 0 Å². The summed E-state index contributed by atoms with van der Waals surface area (Å²) in [5.41, 5.74) is 3.34. The number of hydrazine groups is 1. The number of furan rings is 1. The molecule has 0 bridgehead atoms. The second kappa shape index (κ2) is 9.47. The number of hydrogen-bond acceptors (Lipinski definition) is 6. The van der Waals surface area contributed by atoms with E-state index in [1.165, 1.54) is 24.3 Å². The van der Waals surface area contributed by atoms with Gasteiger partial charge < -0.3 is 19.2 Å². The first-order valence-electron chi connectivity index (χ1n) is 10.4. The number of rotatable bonds is 8. The van der Waals surface area contributed by atoms with Gasteiger partial charge in [0.05, 0.1) is 18.4 Å². The number of anilines is 1. The standard InChI is InChI=1S/C24H23N3O6/c1-3-31-20-14-16(25-15(2)28)11-12-18(20)23(29)26-27-21(19-10-7-13-32-19)22(24(27)30)33-17-8-5-4-6-9-17/h4-14,21-22H,3H2,1-2H3,(H,25,28)(H,26,29)/t21-,22+/m1/s1. The van der Waals surface area contributed by atoms with Crippen LogP contribution in [0.1, 0.15) is 36.0 Å². The van der Waals surface area contributed by atoms with E-state index in [0.717, 1.165) is 0 Å². The van der Waals surface area contributed by atoms with Gasteiger partial charge in [-0.2, -0.15) is 0 Å². The molecule has 2 aromatic carbocycles. The highest BCUT2D eigenvalue weighted by atomic mass is 16.5. The largest absolute Gasteiger partial charge is 0.493 e. The fourth-order valence-corrected chi connectivity index (χ4v) is 3.52. The molecule has 2 heterocycles. The van der Waals surface area contributed by atoms with Gasteiger partial charge in [0, 0.05) is 18.7 Å². The molecule has 1 aromatic heterocycles. The zero-order valence-electron chi connectivity index (χ0n) is 18.1. The number of benzene rings is 2. The Hall–Kier alpha value is -4.27. The van der Waals surface area contributed by atoms with Gasteiger partial charge in [-0.1, -0.05) is 18.2 Å². The highest BCUT2D eigenvalue weighted by molar-refractivity contribution is 6.00. The summed E-state index contributed by atoms with van der Waals surface area (Å²) < 4.78 is 16.9. The van der Waals surface area contributed by atoms with Gasteiger partial charge in [-0.15, -0.1) is 0 Å². The zero-order chi connectivity index (χ0) is 23.4. The van der Waals surface area contributed by atoms with E-state index < -0.39 is 24.0 Å². The van der Waals surface area contributed by atoms with E-state index >= 15 is 0 Å². The lowest BCUT2D eigenvalue weighted by molar-refractivity contribution is -0.170. The molecule has 0 unspecified atom stereocenters. The highest BCUT2D eigenvalue weighted by Gasteiger charge is 2.53. The number of carbonyl (C=O) groups is 3. The van der Waals surface area contributed by atoms with E-state index in [4.69, 9.17) is 13.9 Å². The normalized spacial score (nSPS) is 17.2. The van der Waals surface area contributed by atoms with Crippen molar-refractivity contribution >= 4 is 23.4 Å². The van der Waals surface area contributed by atoms with E-state index in [1.54, 1.807) is 55.5 Å². The molecule has 2 N–H and O–H groups in total. The molecule has 2 atom stereocenters. The molecule has 170 valence electrons. The van der Waals surface area contributed by atoms with Crippen LogP contribution < -0.4 is 20.2 Å². The van der Waals surface area contributed by atoms with Crippen molar-refractivity contribution in [1.29, 1.82) is 0 Å². The summed E-state index contributed by atoms with van der Waals surface area (Å²) in [6, 6.07) is 16.4. The molecule has 3 amide bonds. The number of nitrogens with zero attached hydrogens (tertiary/aromatic N) is 1. The number of nitrogens with one attached hydrogen (secondary N) is 2. The maximum absolute atomic E-state index is 13.1. The predicted octanol–water partition coefficient (Wildman–Crippen LogP) is 3.31. The summed E-state index contributed by atoms with van der Waals surface area (Å²) >= 11 is 0. The van der Waals surface area contributed by atoms with Gasteiger partial charge in [0.2, 0.25) is 12.0 Å². The van der Waals surface area contributed by atoms with Crippen LogP contribution in [0.4, 0.5) is 5.69 Å². The first kappa shape index (κ1) is 21.9. The molecule has 9 heteroatoms. The van der Waals surface area contributed by atoms with Crippen LogP contribution in [0.2, 0.25) is 0 Å². The average molecular weight is 449 g/mol. The molecule has 9 nitrogen and oxygen atoms in total. The predicted molar refractivity (Wildman–Crippen MR) is 119 cm³/mol. The summed E-state index contributed by atoms with van der Waals surface area (Å²) in [5.74, 6) is 0.0807. The van der Waals surface area contributed by atoms with Crippen LogP contribution in [0.15, 0.2) is 71.3 Å². The molecular formula is C24H23N3O6. The summed E-state index contributed by atoms with van der Waals surface area (Å²) in [6.45, 7) is 3.48. The van der Waals surface area contributed by atoms with Gasteiger partial charge in [0.25, 0.3) is 11.8 Å². The molecule has 1 saturated heterocycles. The molecule has 0 saturated carbocycles. The lowest BCUT2D eigenvalue weighted by Crippen LogP contribution is -2.66. The van der Waals surface area contributed by atoms with E-state index in [-0.39, 0.29) is 17.2 Å². The third-order valence-electron chi connectivity index (χ3n) is 4.96. The first-order chi connectivity index (χ1) is 16.0. The van der Waals surface area contributed by atoms with Crippen LogP contribution >= 0.6 is 0 Å². The number of hydrogen-bond donors (Lipinski definition) is 2. The van der Waals surface area contributed by atoms with Gasteiger partial charge in [0.15, 0.2) is 6.04 Å². The summed E-state index contributed by atoms with van der Waals surface area (Å²) in [6.07, 6.45) is 0.637. The van der Waals surface area contributed by atoms with Crippen LogP contribution in [0.5, 0.6) is 11.5 Å². The lowest BCUT2D eigenvalue weighted by Gasteiger charge is -2.44. The van der Waals surface area contributed by atoms with Gasteiger partial charge in [0.1, 0.15) is 17.3 Å². The van der Waals surface area contributed by atoms with Crippen LogP contribution in [-0.2, 0) is 9.59 Å². The third kappa shape index (κ3) is 4.67. The van der Waals surface area contributed by atoms with Crippen molar-refractivity contribution in [2.24, 2.45) is 0 Å². The molecule has 0 spiro atoms. The third-order valence-corrected chi connectivity index (χ3v) is 4.96. The van der Waals surface area contributed by atoms with Crippen LogP contribution in [-0.4, -0.2) is 35.4 Å². The summed E-state index contributed by atoms with van der Waals surface area (Å²) in [5, 5.41) is 3.84. The van der Waals surface area contributed by atoms with Gasteiger partial charge >= 0.3 is 0 Å². The Kier molecular flexibility index (Phi) is 6.30. The lowest BCUT2D eigenvalue weighted by atomic mass is 9.97. The van der Waals surface area contributed by atoms with Crippen molar-refractivity contribution < 1.29 is 28.3 Å². The molecule has 33 heavy (non-hydrogen) atoms. The monoisotopic (exact) mass is 449 g/mol. The fraction of sp³-hybridized carbons (Fsp3) is 0.208. The van der Waals surface area contributed by atoms with Gasteiger partial charge in [-0.25, -0.2) is 5.01 Å². The van der Waals surface area contributed by atoms with Crippen molar-refractivity contribution in [2.45, 2.75) is 26.0 Å². The SMILES string of the molecule is CCOc1cc(NC(C)=O)ccc1C(=O)NN1C(=O)[C@@H](Oc2ccccc2)[C@H]1c1ccco1. The molecule has 1 aliphatic heterocycles. The maximum Gasteiger partial charge on any atom is 0.285 e. The van der Waals surface area contributed by atoms with Crippen molar-refractivity contribution in [1.82, 2.24) is 10.4 Å². The second-order valence-electron chi connectivity index (χ2n) is 7.29. The van der Waals surface area contributed by atoms with Gasteiger partial charge in [-0.3, -0.25) is 19.8 Å². The molecule has 4 rings (SSSR count). The molecule has 0 aliphatic carbocycles. The van der Waals surface area contributed by atoms with Crippen LogP contribution in [0, 0.1) is 0 Å². The molecule has 3 aromatic rings. The quantitative estimate of drug-likeness (QED) is 0.511. The Balaban J connectivity index is 1.55. The Bertz CT molecular complexity index is 1150. The van der Waals surface area contributed by atoms with E-state index in [0.29, 0.717) is 23.8 Å². The average Bonchev–Trinajstić information content (AvgIpc) is 3.32. The smallest absolute Gasteiger partial charge is 0.285 e. The van der Waals surface area contributed by atoms with Crippen molar-refractivity contribution in [2.75, 3.05) is 11.9 Å². The number of ether oxygens (including phenoxy) is 2. The van der Waals surface area contributed by atoms with Crippen LogP contribution in [0.25, 0.3) is 0 Å². The molecule has 0 radical (unpaired) electrons. The van der Waals surface area contributed by atoms with E-state index in [2.05, 4.69) is 10.7 Å². The topological polar surface area (TPSA) is 110 Å². The fourth-order valence-electron chi connectivity index (χ4n) is 3.52. The van der Waals surface area contributed by atoms with E-state index in [1.807, 2.05) is 6.07 Å². The molecule has 1 aliphatic rings. The first-order valence-corrected chi connectivity index (χ1v) is 10.4. The van der Waals surface area contributed by atoms with Crippen molar-refractivity contribution in [3.8, 4) is 11.5 Å². The number of amides is 3. The number of carbonyl (C=O) groups excluding carboxylic acids is 3. The number of β-lactam (4-membered cyclic amide) rings is 1. The highest BCUT2D eigenvalue weighted by Crippen LogP contribution is 2.37. The maximum atomic E-state index is 13.1. The minimum atomic E-state index is -0.854. The molecular weight excluding hydrogens is 426 g/mol. The van der Waals surface area contributed by atoms with Crippen LogP contribution in [0.3, 0.4) is 0 Å². The number of para-hydroxylation sites is 1. The van der Waals surface area contributed by atoms with E-state index in [9.17, 15) is 14.4 Å². The molecule has 1 fully saturated rings. The minimum Gasteiger partial charge on any atom is -0.493 e. The summed E-state index contributed by atoms with van der Waals surface area (Å²) in [7, 11) is 0. The Morgan fingerprint density at radius 1 is 1.09 bits per heavy atom. The van der Waals surface area contributed by atoms with Crippen molar-refractivity contribution in [3.05, 3.63) is 78.3 Å². The van der Waals surface area contributed by atoms with Gasteiger partial charge in [-0.05, 0) is 43.3 Å². The Labute approximate surface area is 190 Å². The minimum absolute atomic E-state index is 0.212. The second-order valence-corrected chi connectivity index (χ2v) is 7.29.